The molecule has 0 atom stereocenters. The number of nitrogens with zero attached hydrogens (tertiary/aromatic N) is 3. The second kappa shape index (κ2) is 9.32. The van der Waals surface area contributed by atoms with Crippen molar-refractivity contribution in [1.82, 2.24) is 14.1 Å². The first-order valence-corrected chi connectivity index (χ1v) is 12.6. The Labute approximate surface area is 214 Å². The number of methoxy groups -OCH3 is 1. The molecule has 2 aromatic carbocycles. The molecular weight excluding hydrogens is 466 g/mol. The van der Waals surface area contributed by atoms with Crippen LogP contribution in [-0.2, 0) is 20.5 Å². The molecule has 4 aromatic rings. The molecule has 1 aliphatic heterocycles. The van der Waals surface area contributed by atoms with E-state index in [-0.39, 0.29) is 11.9 Å². The minimum Gasteiger partial charge on any atom is -0.466 e. The number of esters is 1. The molecule has 0 bridgehead atoms. The van der Waals surface area contributed by atoms with Crippen LogP contribution in [-0.4, -0.2) is 39.9 Å². The number of ether oxygens (including phenoxy) is 1. The number of aromatic nitrogens is 3. The number of rotatable bonds is 4. The third-order valence-corrected chi connectivity index (χ3v) is 7.65. The molecule has 0 unspecified atom stereocenters. The van der Waals surface area contributed by atoms with Crippen LogP contribution in [0.5, 0.6) is 5.75 Å². The van der Waals surface area contributed by atoms with E-state index in [1.807, 2.05) is 36.4 Å². The Hall–Kier alpha value is -4.26. The van der Waals surface area contributed by atoms with E-state index in [4.69, 9.17) is 9.16 Å². The van der Waals surface area contributed by atoms with Gasteiger partial charge in [0.1, 0.15) is 6.33 Å². The van der Waals surface area contributed by atoms with Crippen molar-refractivity contribution < 1.29 is 18.8 Å². The van der Waals surface area contributed by atoms with Gasteiger partial charge in [-0.3, -0.25) is 9.36 Å². The van der Waals surface area contributed by atoms with Crippen LogP contribution in [0, 0.1) is 0 Å². The average molecular weight is 495 g/mol. The second-order valence-electron chi connectivity index (χ2n) is 9.74. The van der Waals surface area contributed by atoms with Crippen LogP contribution in [0.2, 0.25) is 0 Å². The highest BCUT2D eigenvalue weighted by molar-refractivity contribution is 6.03. The van der Waals surface area contributed by atoms with Crippen molar-refractivity contribution in [2.45, 2.75) is 44.6 Å². The van der Waals surface area contributed by atoms with Crippen molar-refractivity contribution in [1.29, 1.82) is 0 Å². The van der Waals surface area contributed by atoms with Gasteiger partial charge >= 0.3 is 11.7 Å². The third kappa shape index (κ3) is 3.91. The zero-order chi connectivity index (χ0) is 25.5. The monoisotopic (exact) mass is 494 g/mol. The number of imidazole rings is 1. The molecule has 0 radical (unpaired) electrons. The van der Waals surface area contributed by atoms with Gasteiger partial charge in [0.05, 0.1) is 31.0 Å². The van der Waals surface area contributed by atoms with Crippen LogP contribution in [0.3, 0.4) is 0 Å². The molecule has 0 amide bonds. The molecule has 2 aromatic heterocycles. The lowest BCUT2D eigenvalue weighted by Gasteiger charge is -2.23. The lowest BCUT2D eigenvalue weighted by molar-refractivity contribution is -0.354. The van der Waals surface area contributed by atoms with Crippen molar-refractivity contribution in [3.63, 3.8) is 0 Å². The minimum atomic E-state index is -0.383. The van der Waals surface area contributed by atoms with Crippen LogP contribution < -0.4 is 0 Å². The highest BCUT2D eigenvalue weighted by atomic mass is 16.5. The third-order valence-electron chi connectivity index (χ3n) is 7.65. The maximum Gasteiger partial charge on any atom is 0.352 e. The summed E-state index contributed by atoms with van der Waals surface area (Å²) in [6.07, 6.45) is 12.5. The quantitative estimate of drug-likeness (QED) is 0.262. The van der Waals surface area contributed by atoms with Crippen LogP contribution in [0.15, 0.2) is 60.7 Å². The molecule has 0 saturated heterocycles. The van der Waals surface area contributed by atoms with Crippen LogP contribution in [0.25, 0.3) is 28.2 Å². The molecular formula is C30H28N3O4+. The molecule has 0 spiro atoms. The summed E-state index contributed by atoms with van der Waals surface area (Å²) in [5, 5.41) is 1.12. The van der Waals surface area contributed by atoms with E-state index in [0.717, 1.165) is 40.6 Å². The van der Waals surface area contributed by atoms with Gasteiger partial charge in [-0.05, 0) is 54.2 Å². The number of carbonyl (C=O) groups excluding carboxylic acids is 3. The van der Waals surface area contributed by atoms with Gasteiger partial charge in [0, 0.05) is 40.5 Å². The van der Waals surface area contributed by atoms with E-state index in [1.165, 1.54) is 42.8 Å². The SMILES string of the molecule is C=[O+]c1ccc2c(c1)C=C(C(=O)OC)Cn1c-2c(C2CCCCC2)c2ccc(C(=O)n3ccnc3)cc21. The summed E-state index contributed by atoms with van der Waals surface area (Å²) < 4.78 is 14.1. The maximum atomic E-state index is 13.2. The van der Waals surface area contributed by atoms with Crippen LogP contribution in [0.1, 0.15) is 59.5 Å². The summed E-state index contributed by atoms with van der Waals surface area (Å²) in [6, 6.07) is 11.8. The molecule has 3 heterocycles. The lowest BCUT2D eigenvalue weighted by atomic mass is 9.81. The van der Waals surface area contributed by atoms with Gasteiger partial charge in [0.25, 0.3) is 12.7 Å². The van der Waals surface area contributed by atoms with Gasteiger partial charge in [0.15, 0.2) is 0 Å². The molecule has 1 saturated carbocycles. The zero-order valence-electron chi connectivity index (χ0n) is 20.8. The van der Waals surface area contributed by atoms with Crippen LogP contribution in [0.4, 0.5) is 0 Å². The summed E-state index contributed by atoms with van der Waals surface area (Å²) in [6.45, 7) is 3.90. The normalized spacial score (nSPS) is 15.4. The predicted octanol–water partition coefficient (Wildman–Crippen LogP) is 5.89. The Morgan fingerprint density at radius 2 is 1.95 bits per heavy atom. The van der Waals surface area contributed by atoms with E-state index in [9.17, 15) is 9.59 Å². The summed E-state index contributed by atoms with van der Waals surface area (Å²) in [7, 11) is 1.40. The van der Waals surface area contributed by atoms with Crippen molar-refractivity contribution in [2.24, 2.45) is 0 Å². The van der Waals surface area contributed by atoms with Crippen molar-refractivity contribution in [3.05, 3.63) is 77.4 Å². The molecule has 7 nitrogen and oxygen atoms in total. The van der Waals surface area contributed by atoms with Crippen molar-refractivity contribution in [2.75, 3.05) is 7.11 Å². The van der Waals surface area contributed by atoms with Crippen LogP contribution >= 0.6 is 0 Å². The van der Waals surface area contributed by atoms with Gasteiger partial charge in [-0.15, -0.1) is 0 Å². The van der Waals surface area contributed by atoms with Crippen molar-refractivity contribution >= 4 is 35.6 Å². The number of benzene rings is 2. The Balaban J connectivity index is 1.65. The number of hydrogen-bond acceptors (Lipinski definition) is 4. The number of fused-ring (bicyclic) bond motifs is 5. The predicted molar refractivity (Wildman–Crippen MR) is 142 cm³/mol. The minimum absolute atomic E-state index is 0.149. The first-order valence-electron chi connectivity index (χ1n) is 12.6. The molecule has 1 aliphatic carbocycles. The molecule has 6 rings (SSSR count). The fraction of sp³-hybridized carbons (Fsp3) is 0.267. The lowest BCUT2D eigenvalue weighted by Crippen LogP contribution is -2.12. The van der Waals surface area contributed by atoms with E-state index in [0.29, 0.717) is 29.3 Å². The fourth-order valence-corrected chi connectivity index (χ4v) is 5.92. The molecule has 7 heteroatoms. The van der Waals surface area contributed by atoms with E-state index in [1.54, 1.807) is 12.4 Å². The Bertz CT molecular complexity index is 1570. The Morgan fingerprint density at radius 1 is 1.11 bits per heavy atom. The Kier molecular flexibility index (Phi) is 5.83. The summed E-state index contributed by atoms with van der Waals surface area (Å²) in [4.78, 5) is 30.1. The van der Waals surface area contributed by atoms with E-state index in [2.05, 4.69) is 22.4 Å². The van der Waals surface area contributed by atoms with Gasteiger partial charge in [0.2, 0.25) is 0 Å². The molecule has 186 valence electrons. The van der Waals surface area contributed by atoms with Gasteiger partial charge in [-0.25, -0.2) is 14.2 Å². The molecule has 0 N–H and O–H groups in total. The topological polar surface area (TPSA) is 77.4 Å². The first kappa shape index (κ1) is 23.2. The standard InChI is InChI=1S/C30H28N3O4/c1-36-23-9-11-24-21(15-23)14-22(30(35)37-2)17-33-26-16-20(29(34)32-13-12-31-18-32)8-10-25(26)27(28(24)33)19-6-4-3-5-7-19/h8-16,18-19H,1,3-7,17H2,2H3/q+1. The highest BCUT2D eigenvalue weighted by Gasteiger charge is 2.31. The van der Waals surface area contributed by atoms with E-state index < -0.39 is 0 Å². The first-order chi connectivity index (χ1) is 18.1. The largest absolute Gasteiger partial charge is 0.466 e. The smallest absolute Gasteiger partial charge is 0.352 e. The Morgan fingerprint density at radius 3 is 2.68 bits per heavy atom. The summed E-state index contributed by atoms with van der Waals surface area (Å²) in [5.41, 5.74) is 6.32. The van der Waals surface area contributed by atoms with Crippen molar-refractivity contribution in [3.8, 4) is 17.0 Å². The summed E-state index contributed by atoms with van der Waals surface area (Å²) >= 11 is 0. The summed E-state index contributed by atoms with van der Waals surface area (Å²) in [5.74, 6) is 0.491. The number of hydrogen-bond donors (Lipinski definition) is 0. The average Bonchev–Trinajstić information content (AvgIpc) is 3.55. The zero-order valence-corrected chi connectivity index (χ0v) is 20.8. The molecule has 2 aliphatic rings. The molecule has 1 fully saturated rings. The molecule has 37 heavy (non-hydrogen) atoms. The maximum absolute atomic E-state index is 13.2. The van der Waals surface area contributed by atoms with Gasteiger partial charge in [-0.2, -0.15) is 0 Å². The fourth-order valence-electron chi connectivity index (χ4n) is 5.92. The highest BCUT2D eigenvalue weighted by Crippen LogP contribution is 2.47. The van der Waals surface area contributed by atoms with Gasteiger partial charge < -0.3 is 9.30 Å². The van der Waals surface area contributed by atoms with E-state index >= 15 is 0 Å². The number of carbonyl (C=O) groups is 2. The second-order valence-corrected chi connectivity index (χ2v) is 9.74. The van der Waals surface area contributed by atoms with Gasteiger partial charge in [-0.1, -0.05) is 25.3 Å².